The van der Waals surface area contributed by atoms with Crippen LogP contribution in [0.15, 0.2) is 42.5 Å². The van der Waals surface area contributed by atoms with Gasteiger partial charge in [0.2, 0.25) is 15.9 Å². The fourth-order valence-electron chi connectivity index (χ4n) is 4.61. The second kappa shape index (κ2) is 11.7. The van der Waals surface area contributed by atoms with Gasteiger partial charge in [0, 0.05) is 52.0 Å². The number of hydrogen-bond acceptors (Lipinski definition) is 5. The molecule has 0 spiro atoms. The van der Waals surface area contributed by atoms with Crippen molar-refractivity contribution in [3.8, 4) is 0 Å². The first-order valence-corrected chi connectivity index (χ1v) is 14.6. The molecule has 1 saturated heterocycles. The number of nitrogens with one attached hydrogen (secondary N) is 1. The maximum absolute atomic E-state index is 13.6. The third-order valence-electron chi connectivity index (χ3n) is 6.97. The van der Waals surface area contributed by atoms with E-state index < -0.39 is 15.4 Å². The Morgan fingerprint density at radius 2 is 1.78 bits per heavy atom. The molecule has 0 saturated carbocycles. The minimum Gasteiger partial charge on any atom is -0.378 e. The van der Waals surface area contributed by atoms with Gasteiger partial charge in [0.25, 0.3) is 0 Å². The van der Waals surface area contributed by atoms with E-state index in [1.165, 1.54) is 10.6 Å². The van der Waals surface area contributed by atoms with Gasteiger partial charge in [-0.1, -0.05) is 41.4 Å². The zero-order valence-corrected chi connectivity index (χ0v) is 23.9. The van der Waals surface area contributed by atoms with Crippen LogP contribution in [-0.2, 0) is 26.8 Å². The molecule has 1 fully saturated rings. The summed E-state index contributed by atoms with van der Waals surface area (Å²) in [5.41, 5.74) is 2.04. The molecular weight excluding hydrogens is 519 g/mol. The van der Waals surface area contributed by atoms with Gasteiger partial charge in [0.15, 0.2) is 0 Å². The predicted molar refractivity (Wildman–Crippen MR) is 148 cm³/mol. The smallest absolute Gasteiger partial charge is 0.230 e. The summed E-state index contributed by atoms with van der Waals surface area (Å²) in [5, 5.41) is 3.95. The maximum Gasteiger partial charge on any atom is 0.230 e. The molecule has 1 heterocycles. The van der Waals surface area contributed by atoms with E-state index in [4.69, 9.17) is 23.2 Å². The van der Waals surface area contributed by atoms with Gasteiger partial charge in [0.1, 0.15) is 0 Å². The summed E-state index contributed by atoms with van der Waals surface area (Å²) in [6.45, 7) is 6.57. The van der Waals surface area contributed by atoms with Crippen LogP contribution in [0.2, 0.25) is 10.0 Å². The van der Waals surface area contributed by atoms with Crippen molar-refractivity contribution in [3.05, 3.63) is 63.6 Å². The van der Waals surface area contributed by atoms with Crippen LogP contribution in [0.25, 0.3) is 0 Å². The van der Waals surface area contributed by atoms with Gasteiger partial charge >= 0.3 is 0 Å². The van der Waals surface area contributed by atoms with Crippen molar-refractivity contribution in [2.24, 2.45) is 0 Å². The lowest BCUT2D eigenvalue weighted by Crippen LogP contribution is -2.54. The Morgan fingerprint density at radius 3 is 2.33 bits per heavy atom. The molecule has 1 unspecified atom stereocenters. The average molecular weight is 556 g/mol. The maximum atomic E-state index is 13.6. The van der Waals surface area contributed by atoms with Gasteiger partial charge in [-0.3, -0.25) is 4.79 Å². The highest BCUT2D eigenvalue weighted by Crippen LogP contribution is 2.33. The summed E-state index contributed by atoms with van der Waals surface area (Å²) in [6, 6.07) is 13.3. The molecule has 2 aromatic carbocycles. The first-order valence-electron chi connectivity index (χ1n) is 12.0. The molecule has 7 nitrogen and oxygen atoms in total. The monoisotopic (exact) mass is 554 g/mol. The van der Waals surface area contributed by atoms with Gasteiger partial charge in [-0.15, -0.1) is 0 Å². The van der Waals surface area contributed by atoms with Gasteiger partial charge in [-0.25, -0.2) is 8.42 Å². The van der Waals surface area contributed by atoms with E-state index in [1.807, 2.05) is 63.2 Å². The van der Waals surface area contributed by atoms with Crippen LogP contribution in [0.4, 0.5) is 5.69 Å². The lowest BCUT2D eigenvalue weighted by atomic mass is 9.78. The molecule has 0 radical (unpaired) electrons. The number of sulfonamides is 1. The van der Waals surface area contributed by atoms with E-state index >= 15 is 0 Å². The zero-order chi connectivity index (χ0) is 26.7. The van der Waals surface area contributed by atoms with E-state index in [2.05, 4.69) is 10.2 Å². The number of piperazine rings is 1. The first kappa shape index (κ1) is 28.7. The molecule has 3 rings (SSSR count). The molecule has 2 aromatic rings. The van der Waals surface area contributed by atoms with Crippen LogP contribution < -0.4 is 10.2 Å². The number of rotatable bonds is 9. The van der Waals surface area contributed by atoms with Crippen molar-refractivity contribution in [2.75, 3.05) is 51.4 Å². The Balaban J connectivity index is 1.75. The van der Waals surface area contributed by atoms with Crippen LogP contribution >= 0.6 is 23.2 Å². The highest BCUT2D eigenvalue weighted by atomic mass is 35.5. The molecular formula is C26H36Cl2N4O3S. The predicted octanol–water partition coefficient (Wildman–Crippen LogP) is 3.99. The number of carbonyl (C=O) groups is 1. The van der Waals surface area contributed by atoms with Crippen molar-refractivity contribution in [1.29, 1.82) is 0 Å². The Bertz CT molecular complexity index is 1170. The Kier molecular flexibility index (Phi) is 9.33. The second-order valence-corrected chi connectivity index (χ2v) is 12.7. The summed E-state index contributed by atoms with van der Waals surface area (Å²) >= 11 is 12.5. The molecule has 1 aliphatic heterocycles. The Hall–Kier alpha value is -1.84. The number of halogens is 2. The summed E-state index contributed by atoms with van der Waals surface area (Å²) in [4.78, 5) is 17.9. The minimum absolute atomic E-state index is 0.0969. The largest absolute Gasteiger partial charge is 0.378 e. The van der Waals surface area contributed by atoms with E-state index in [-0.39, 0.29) is 11.9 Å². The minimum atomic E-state index is -3.24. The SMILES string of the molecule is C[C@@H]1CN(CCC(C)(C(=O)NCc2ccc(N(C)C)cc2)c2ccc(Cl)c(Cl)c2)CCN1S(C)(=O)=O. The van der Waals surface area contributed by atoms with Crippen molar-refractivity contribution in [2.45, 2.75) is 38.3 Å². The lowest BCUT2D eigenvalue weighted by molar-refractivity contribution is -0.126. The molecule has 0 bridgehead atoms. The zero-order valence-electron chi connectivity index (χ0n) is 21.6. The summed E-state index contributed by atoms with van der Waals surface area (Å²) in [7, 11) is 0.739. The topological polar surface area (TPSA) is 73.0 Å². The standard InChI is InChI=1S/C26H36Cl2N4O3S/c1-19-18-31(14-15-32(19)36(5,34)35)13-12-26(2,21-8-11-23(27)24(28)16-21)25(33)29-17-20-6-9-22(10-7-20)30(3)4/h6-11,16,19H,12-15,17-18H2,1-5H3,(H,29,33)/t19-,26?/m1/s1. The van der Waals surface area contributed by atoms with Gasteiger partial charge in [-0.2, -0.15) is 4.31 Å². The number of hydrogen-bond donors (Lipinski definition) is 1. The van der Waals surface area contributed by atoms with Crippen LogP contribution in [-0.4, -0.2) is 76.1 Å². The fraction of sp³-hybridized carbons (Fsp3) is 0.500. The molecule has 1 amide bonds. The van der Waals surface area contributed by atoms with Crippen LogP contribution in [0, 0.1) is 0 Å². The van der Waals surface area contributed by atoms with Crippen LogP contribution in [0.5, 0.6) is 0 Å². The highest BCUT2D eigenvalue weighted by molar-refractivity contribution is 7.88. The number of benzene rings is 2. The molecule has 36 heavy (non-hydrogen) atoms. The fourth-order valence-corrected chi connectivity index (χ4v) is 6.04. The Morgan fingerprint density at radius 1 is 1.11 bits per heavy atom. The van der Waals surface area contributed by atoms with E-state index in [1.54, 1.807) is 12.1 Å². The third kappa shape index (κ3) is 6.92. The lowest BCUT2D eigenvalue weighted by Gasteiger charge is -2.40. The molecule has 0 aromatic heterocycles. The molecule has 2 atom stereocenters. The quantitative estimate of drug-likeness (QED) is 0.507. The number of anilines is 1. The first-order chi connectivity index (χ1) is 16.8. The number of amides is 1. The van der Waals surface area contributed by atoms with E-state index in [0.29, 0.717) is 49.2 Å². The van der Waals surface area contributed by atoms with Crippen molar-refractivity contribution in [3.63, 3.8) is 0 Å². The summed E-state index contributed by atoms with van der Waals surface area (Å²) in [5.74, 6) is -0.0969. The Labute approximate surface area is 225 Å². The van der Waals surface area contributed by atoms with Crippen molar-refractivity contribution >= 4 is 44.8 Å². The molecule has 10 heteroatoms. The molecule has 1 N–H and O–H groups in total. The van der Waals surface area contributed by atoms with Crippen LogP contribution in [0.3, 0.4) is 0 Å². The number of carbonyl (C=O) groups excluding carboxylic acids is 1. The van der Waals surface area contributed by atoms with Gasteiger partial charge < -0.3 is 15.1 Å². The normalized spacial score (nSPS) is 19.0. The van der Waals surface area contributed by atoms with E-state index in [0.717, 1.165) is 16.8 Å². The summed E-state index contributed by atoms with van der Waals surface area (Å²) < 4.78 is 25.6. The summed E-state index contributed by atoms with van der Waals surface area (Å²) in [6.07, 6.45) is 1.79. The molecule has 198 valence electrons. The highest BCUT2D eigenvalue weighted by Gasteiger charge is 2.37. The van der Waals surface area contributed by atoms with Gasteiger partial charge in [-0.05, 0) is 62.2 Å². The second-order valence-electron chi connectivity index (χ2n) is 9.98. The van der Waals surface area contributed by atoms with Gasteiger partial charge in [0.05, 0.1) is 21.7 Å². The van der Waals surface area contributed by atoms with Crippen LogP contribution in [0.1, 0.15) is 31.4 Å². The number of nitrogens with zero attached hydrogens (tertiary/aromatic N) is 3. The van der Waals surface area contributed by atoms with Crippen molar-refractivity contribution < 1.29 is 13.2 Å². The third-order valence-corrected chi connectivity index (χ3v) is 9.10. The molecule has 1 aliphatic rings. The molecule has 0 aliphatic carbocycles. The van der Waals surface area contributed by atoms with E-state index in [9.17, 15) is 13.2 Å². The van der Waals surface area contributed by atoms with Crippen molar-refractivity contribution in [1.82, 2.24) is 14.5 Å². The average Bonchev–Trinajstić information content (AvgIpc) is 2.82.